The molecular formula is C19H23BrN2O4S. The number of pyridine rings is 1. The summed E-state index contributed by atoms with van der Waals surface area (Å²) in [5.41, 5.74) is 1.04. The number of halogens is 1. The fraction of sp³-hybridized carbons (Fsp3) is 0.368. The minimum Gasteiger partial charge on any atom is -0.493 e. The molecule has 27 heavy (non-hydrogen) atoms. The van der Waals surface area contributed by atoms with Gasteiger partial charge in [0, 0.05) is 17.2 Å². The van der Waals surface area contributed by atoms with Crippen molar-refractivity contribution in [3.8, 4) is 5.75 Å². The highest BCUT2D eigenvalue weighted by molar-refractivity contribution is 9.10. The van der Waals surface area contributed by atoms with Crippen LogP contribution >= 0.6 is 15.9 Å². The van der Waals surface area contributed by atoms with Gasteiger partial charge in [-0.2, -0.15) is 0 Å². The van der Waals surface area contributed by atoms with E-state index in [1.54, 1.807) is 6.07 Å². The van der Waals surface area contributed by atoms with E-state index in [0.29, 0.717) is 24.0 Å². The first kappa shape index (κ1) is 21.4. The minimum absolute atomic E-state index is 0.131. The third-order valence-electron chi connectivity index (χ3n) is 4.15. The molecule has 0 aliphatic carbocycles. The summed E-state index contributed by atoms with van der Waals surface area (Å²) in [6.45, 7) is 5.46. The maximum absolute atomic E-state index is 12.8. The van der Waals surface area contributed by atoms with E-state index in [2.05, 4.69) is 26.2 Å². The molecule has 1 N–H and O–H groups in total. The van der Waals surface area contributed by atoms with Gasteiger partial charge in [0.05, 0.1) is 6.61 Å². The van der Waals surface area contributed by atoms with Gasteiger partial charge in [0.1, 0.15) is 5.75 Å². The van der Waals surface area contributed by atoms with E-state index < -0.39 is 20.5 Å². The van der Waals surface area contributed by atoms with Gasteiger partial charge in [0.2, 0.25) is 15.7 Å². The fourth-order valence-electron chi connectivity index (χ4n) is 2.29. The smallest absolute Gasteiger partial charge is 0.241 e. The summed E-state index contributed by atoms with van der Waals surface area (Å²) in [4.78, 5) is 16.4. The van der Waals surface area contributed by atoms with Crippen molar-refractivity contribution in [3.05, 3.63) is 52.6 Å². The van der Waals surface area contributed by atoms with E-state index in [9.17, 15) is 13.2 Å². The third kappa shape index (κ3) is 5.07. The quantitative estimate of drug-likeness (QED) is 0.618. The van der Waals surface area contributed by atoms with Crippen LogP contribution in [0, 0.1) is 6.92 Å². The summed E-state index contributed by atoms with van der Waals surface area (Å²) in [6, 6.07) is 10.6. The number of aryl methyl sites for hydroxylation is 1. The van der Waals surface area contributed by atoms with Crippen LogP contribution in [0.1, 0.15) is 25.8 Å². The first-order valence-electron chi connectivity index (χ1n) is 8.49. The number of carbonyl (C=O) groups excluding carboxylic acids is 1. The Morgan fingerprint density at radius 1 is 1.22 bits per heavy atom. The molecule has 2 aromatic rings. The van der Waals surface area contributed by atoms with E-state index in [4.69, 9.17) is 4.74 Å². The van der Waals surface area contributed by atoms with E-state index in [1.165, 1.54) is 26.1 Å². The standard InChI is InChI=1S/C19H23BrN2O4S/c1-14-7-4-5-8-16(14)26-12-6-11-21-18(23)19(2,3)27(24,25)17-10-9-15(20)13-22-17/h4-5,7-10,13H,6,11-12H2,1-3H3,(H,21,23). The Morgan fingerprint density at radius 2 is 1.93 bits per heavy atom. The molecule has 146 valence electrons. The molecule has 6 nitrogen and oxygen atoms in total. The number of para-hydroxylation sites is 1. The largest absolute Gasteiger partial charge is 0.493 e. The van der Waals surface area contributed by atoms with Crippen molar-refractivity contribution in [1.82, 2.24) is 10.3 Å². The molecular weight excluding hydrogens is 432 g/mol. The average molecular weight is 455 g/mol. The highest BCUT2D eigenvalue weighted by atomic mass is 79.9. The number of hydrogen-bond acceptors (Lipinski definition) is 5. The molecule has 0 fully saturated rings. The molecule has 8 heteroatoms. The molecule has 0 radical (unpaired) electrons. The summed E-state index contributed by atoms with van der Waals surface area (Å²) in [5.74, 6) is 0.233. The van der Waals surface area contributed by atoms with Crippen LogP contribution < -0.4 is 10.1 Å². The predicted octanol–water partition coefficient (Wildman–Crippen LogP) is 3.29. The molecule has 1 amide bonds. The summed E-state index contributed by atoms with van der Waals surface area (Å²) >= 11 is 3.21. The molecule has 0 aliphatic heterocycles. The molecule has 0 saturated carbocycles. The SMILES string of the molecule is Cc1ccccc1OCCCNC(=O)C(C)(C)S(=O)(=O)c1ccc(Br)cn1. The van der Waals surface area contributed by atoms with E-state index in [-0.39, 0.29) is 5.03 Å². The molecule has 1 aromatic heterocycles. The number of nitrogens with one attached hydrogen (secondary N) is 1. The van der Waals surface area contributed by atoms with Gasteiger partial charge in [-0.25, -0.2) is 13.4 Å². The molecule has 0 aliphatic rings. The van der Waals surface area contributed by atoms with Crippen LogP contribution in [0.25, 0.3) is 0 Å². The van der Waals surface area contributed by atoms with Crippen molar-refractivity contribution in [2.45, 2.75) is 37.0 Å². The molecule has 1 heterocycles. The van der Waals surface area contributed by atoms with Gasteiger partial charge < -0.3 is 10.1 Å². The minimum atomic E-state index is -3.92. The third-order valence-corrected chi connectivity index (χ3v) is 6.94. The van der Waals surface area contributed by atoms with Crippen molar-refractivity contribution in [3.63, 3.8) is 0 Å². The number of ether oxygens (including phenoxy) is 1. The van der Waals surface area contributed by atoms with Gasteiger partial charge in [0.15, 0.2) is 9.77 Å². The topological polar surface area (TPSA) is 85.4 Å². The number of aromatic nitrogens is 1. The number of amides is 1. The van der Waals surface area contributed by atoms with Gasteiger partial charge in [-0.3, -0.25) is 4.79 Å². The number of hydrogen-bond donors (Lipinski definition) is 1. The van der Waals surface area contributed by atoms with Gasteiger partial charge in [-0.1, -0.05) is 18.2 Å². The van der Waals surface area contributed by atoms with Crippen molar-refractivity contribution >= 4 is 31.7 Å². The first-order chi connectivity index (χ1) is 12.7. The maximum atomic E-state index is 12.8. The highest BCUT2D eigenvalue weighted by Crippen LogP contribution is 2.25. The van der Waals surface area contributed by atoms with Crippen LogP contribution in [0.2, 0.25) is 0 Å². The van der Waals surface area contributed by atoms with Crippen molar-refractivity contribution in [2.24, 2.45) is 0 Å². The van der Waals surface area contributed by atoms with E-state index in [0.717, 1.165) is 11.3 Å². The molecule has 1 aromatic carbocycles. The van der Waals surface area contributed by atoms with Crippen molar-refractivity contribution in [2.75, 3.05) is 13.2 Å². The Bertz CT molecular complexity index is 896. The zero-order valence-corrected chi connectivity index (χ0v) is 17.9. The predicted molar refractivity (Wildman–Crippen MR) is 108 cm³/mol. The Morgan fingerprint density at radius 3 is 2.56 bits per heavy atom. The van der Waals surface area contributed by atoms with Crippen LogP contribution in [-0.4, -0.2) is 37.2 Å². The van der Waals surface area contributed by atoms with Gasteiger partial charge in [0.25, 0.3) is 0 Å². The summed E-state index contributed by atoms with van der Waals surface area (Å²) in [6.07, 6.45) is 1.95. The Labute approximate surface area is 168 Å². The number of nitrogens with zero attached hydrogens (tertiary/aromatic N) is 1. The lowest BCUT2D eigenvalue weighted by Crippen LogP contribution is -2.48. The molecule has 0 bridgehead atoms. The number of benzene rings is 1. The van der Waals surface area contributed by atoms with Gasteiger partial charge >= 0.3 is 0 Å². The Balaban J connectivity index is 1.90. The zero-order valence-electron chi connectivity index (χ0n) is 15.5. The average Bonchev–Trinajstić information content (AvgIpc) is 2.63. The van der Waals surface area contributed by atoms with Gasteiger partial charge in [-0.05, 0) is 66.9 Å². The van der Waals surface area contributed by atoms with Crippen LogP contribution in [-0.2, 0) is 14.6 Å². The molecule has 0 saturated heterocycles. The molecule has 0 unspecified atom stereocenters. The van der Waals surface area contributed by atoms with Crippen molar-refractivity contribution < 1.29 is 17.9 Å². The fourth-order valence-corrected chi connectivity index (χ4v) is 3.80. The molecule has 0 spiro atoms. The zero-order chi connectivity index (χ0) is 20.1. The number of sulfone groups is 1. The van der Waals surface area contributed by atoms with E-state index >= 15 is 0 Å². The lowest BCUT2D eigenvalue weighted by molar-refractivity contribution is -0.122. The number of carbonyl (C=O) groups is 1. The second-order valence-electron chi connectivity index (χ2n) is 6.55. The normalized spacial score (nSPS) is 11.9. The Kier molecular flexibility index (Phi) is 7.00. The first-order valence-corrected chi connectivity index (χ1v) is 10.8. The summed E-state index contributed by atoms with van der Waals surface area (Å²) in [7, 11) is -3.92. The van der Waals surface area contributed by atoms with Crippen LogP contribution in [0.3, 0.4) is 0 Å². The molecule has 0 atom stereocenters. The van der Waals surface area contributed by atoms with Gasteiger partial charge in [-0.15, -0.1) is 0 Å². The van der Waals surface area contributed by atoms with Crippen LogP contribution in [0.5, 0.6) is 5.75 Å². The van der Waals surface area contributed by atoms with Crippen LogP contribution in [0.15, 0.2) is 52.1 Å². The second kappa shape index (κ2) is 8.84. The second-order valence-corrected chi connectivity index (χ2v) is 9.91. The molecule has 2 rings (SSSR count). The maximum Gasteiger partial charge on any atom is 0.241 e. The monoisotopic (exact) mass is 454 g/mol. The number of rotatable bonds is 8. The van der Waals surface area contributed by atoms with Crippen LogP contribution in [0.4, 0.5) is 0 Å². The Hall–Kier alpha value is -1.93. The summed E-state index contributed by atoms with van der Waals surface area (Å²) < 4.78 is 30.2. The van der Waals surface area contributed by atoms with Crippen molar-refractivity contribution in [1.29, 1.82) is 0 Å². The van der Waals surface area contributed by atoms with E-state index in [1.807, 2.05) is 31.2 Å². The lowest BCUT2D eigenvalue weighted by Gasteiger charge is -2.23. The summed E-state index contributed by atoms with van der Waals surface area (Å²) in [5, 5.41) is 2.55. The highest BCUT2D eigenvalue weighted by Gasteiger charge is 2.43. The lowest BCUT2D eigenvalue weighted by atomic mass is 10.2.